The normalized spacial score (nSPS) is 10.9. The summed E-state index contributed by atoms with van der Waals surface area (Å²) in [5.74, 6) is 0.464. The van der Waals surface area contributed by atoms with E-state index in [0.717, 1.165) is 21.0 Å². The van der Waals surface area contributed by atoms with Gasteiger partial charge in [0.1, 0.15) is 22.1 Å². The molecule has 4 aromatic rings. The van der Waals surface area contributed by atoms with Crippen LogP contribution in [0.25, 0.3) is 20.8 Å². The van der Waals surface area contributed by atoms with E-state index in [1.165, 1.54) is 28.7 Å². The van der Waals surface area contributed by atoms with Gasteiger partial charge in [-0.15, -0.1) is 10.2 Å². The number of anilines is 2. The van der Waals surface area contributed by atoms with E-state index < -0.39 is 0 Å². The first-order chi connectivity index (χ1) is 11.7. The van der Waals surface area contributed by atoms with Crippen molar-refractivity contribution in [3.05, 3.63) is 48.3 Å². The Hall–Kier alpha value is -2.58. The molecule has 0 spiro atoms. The number of nitrogens with zero attached hydrogens (tertiary/aromatic N) is 3. The Morgan fingerprint density at radius 1 is 1.00 bits per heavy atom. The van der Waals surface area contributed by atoms with E-state index in [9.17, 15) is 4.39 Å². The molecule has 24 heavy (non-hydrogen) atoms. The lowest BCUT2D eigenvalue weighted by atomic mass is 10.2. The van der Waals surface area contributed by atoms with Gasteiger partial charge >= 0.3 is 0 Å². The zero-order valence-electron chi connectivity index (χ0n) is 12.5. The van der Waals surface area contributed by atoms with Crippen LogP contribution >= 0.6 is 22.7 Å². The fourth-order valence-corrected chi connectivity index (χ4v) is 3.88. The quantitative estimate of drug-likeness (QED) is 0.573. The van der Waals surface area contributed by atoms with Crippen LogP contribution in [0.3, 0.4) is 0 Å². The van der Waals surface area contributed by atoms with Crippen molar-refractivity contribution in [3.8, 4) is 16.3 Å². The number of para-hydroxylation sites is 1. The van der Waals surface area contributed by atoms with E-state index >= 15 is 0 Å². The zero-order chi connectivity index (χ0) is 16.5. The molecule has 0 atom stereocenters. The summed E-state index contributed by atoms with van der Waals surface area (Å²) in [6.07, 6.45) is 0. The molecule has 0 unspecified atom stereocenters. The van der Waals surface area contributed by atoms with E-state index in [2.05, 4.69) is 20.5 Å². The second-order valence-electron chi connectivity index (χ2n) is 4.87. The lowest BCUT2D eigenvalue weighted by Gasteiger charge is -1.99. The monoisotopic (exact) mass is 358 g/mol. The standard InChI is InChI=1S/C16H11FN4OS2/c1-22-10-7-5-9(6-8-10)14-20-21-16(24-14)19-15-18-13-11(17)3-2-4-12(13)23-15/h2-8H,1H3,(H,18,19,21). The summed E-state index contributed by atoms with van der Waals surface area (Å²) in [6, 6.07) is 12.5. The van der Waals surface area contributed by atoms with Crippen molar-refractivity contribution in [3.63, 3.8) is 0 Å². The van der Waals surface area contributed by atoms with Gasteiger partial charge in [0.05, 0.1) is 11.8 Å². The molecule has 0 saturated carbocycles. The van der Waals surface area contributed by atoms with Crippen LogP contribution in [0.1, 0.15) is 0 Å². The summed E-state index contributed by atoms with van der Waals surface area (Å²) in [6.45, 7) is 0. The van der Waals surface area contributed by atoms with Crippen molar-refractivity contribution in [1.29, 1.82) is 0 Å². The van der Waals surface area contributed by atoms with Crippen LogP contribution in [0.2, 0.25) is 0 Å². The SMILES string of the molecule is COc1ccc(-c2nnc(Nc3nc4c(F)cccc4s3)s2)cc1. The Balaban J connectivity index is 1.58. The molecule has 2 aromatic heterocycles. The van der Waals surface area contributed by atoms with Gasteiger partial charge in [-0.3, -0.25) is 0 Å². The topological polar surface area (TPSA) is 59.9 Å². The van der Waals surface area contributed by atoms with Crippen LogP contribution in [0, 0.1) is 5.82 Å². The van der Waals surface area contributed by atoms with Crippen molar-refractivity contribution < 1.29 is 9.13 Å². The third kappa shape index (κ3) is 2.81. The molecular formula is C16H11FN4OS2. The lowest BCUT2D eigenvalue weighted by molar-refractivity contribution is 0.415. The summed E-state index contributed by atoms with van der Waals surface area (Å²) in [7, 11) is 1.63. The largest absolute Gasteiger partial charge is 0.497 e. The van der Waals surface area contributed by atoms with E-state index in [1.807, 2.05) is 30.3 Å². The molecule has 0 amide bonds. The zero-order valence-corrected chi connectivity index (χ0v) is 14.1. The van der Waals surface area contributed by atoms with Crippen molar-refractivity contribution in [2.75, 3.05) is 12.4 Å². The molecule has 0 fully saturated rings. The molecule has 4 rings (SSSR count). The number of benzene rings is 2. The Morgan fingerprint density at radius 3 is 2.58 bits per heavy atom. The maximum Gasteiger partial charge on any atom is 0.212 e. The van der Waals surface area contributed by atoms with Crippen LogP contribution in [0.5, 0.6) is 5.75 Å². The van der Waals surface area contributed by atoms with Crippen LogP contribution < -0.4 is 10.1 Å². The number of nitrogens with one attached hydrogen (secondary N) is 1. The van der Waals surface area contributed by atoms with Gasteiger partial charge in [0, 0.05) is 5.56 Å². The predicted octanol–water partition coefficient (Wildman–Crippen LogP) is 4.71. The van der Waals surface area contributed by atoms with Gasteiger partial charge in [-0.2, -0.15) is 0 Å². The molecule has 8 heteroatoms. The maximum absolute atomic E-state index is 13.7. The number of methoxy groups -OCH3 is 1. The van der Waals surface area contributed by atoms with Gasteiger partial charge in [-0.1, -0.05) is 28.7 Å². The average molecular weight is 358 g/mol. The van der Waals surface area contributed by atoms with Gasteiger partial charge in [-0.25, -0.2) is 9.37 Å². The first kappa shape index (κ1) is 15.0. The number of thiazole rings is 1. The Kier molecular flexibility index (Phi) is 3.83. The fraction of sp³-hybridized carbons (Fsp3) is 0.0625. The molecule has 0 aliphatic rings. The highest BCUT2D eigenvalue weighted by atomic mass is 32.1. The van der Waals surface area contributed by atoms with Gasteiger partial charge in [0.25, 0.3) is 0 Å². The number of halogens is 1. The number of ether oxygens (including phenoxy) is 1. The van der Waals surface area contributed by atoms with Crippen LogP contribution in [0.4, 0.5) is 14.7 Å². The van der Waals surface area contributed by atoms with Crippen molar-refractivity contribution in [2.45, 2.75) is 0 Å². The Labute approximate surface area is 144 Å². The van der Waals surface area contributed by atoms with Gasteiger partial charge in [0.2, 0.25) is 5.13 Å². The van der Waals surface area contributed by atoms with E-state index in [4.69, 9.17) is 4.74 Å². The number of rotatable bonds is 4. The molecule has 0 bridgehead atoms. The second kappa shape index (κ2) is 6.14. The fourth-order valence-electron chi connectivity index (χ4n) is 2.18. The third-order valence-corrected chi connectivity index (χ3v) is 5.17. The smallest absolute Gasteiger partial charge is 0.212 e. The first-order valence-corrected chi connectivity index (χ1v) is 8.66. The highest BCUT2D eigenvalue weighted by Crippen LogP contribution is 2.33. The lowest BCUT2D eigenvalue weighted by Crippen LogP contribution is -1.88. The van der Waals surface area contributed by atoms with Crippen molar-refractivity contribution >= 4 is 43.2 Å². The third-order valence-electron chi connectivity index (χ3n) is 3.35. The van der Waals surface area contributed by atoms with Gasteiger partial charge in [-0.05, 0) is 36.4 Å². The van der Waals surface area contributed by atoms with Gasteiger partial charge < -0.3 is 10.1 Å². The van der Waals surface area contributed by atoms with Crippen molar-refractivity contribution in [2.24, 2.45) is 0 Å². The summed E-state index contributed by atoms with van der Waals surface area (Å²) in [5.41, 5.74) is 1.32. The summed E-state index contributed by atoms with van der Waals surface area (Å²) in [5, 5.41) is 13.4. The molecule has 0 aliphatic carbocycles. The van der Waals surface area contributed by atoms with Crippen LogP contribution in [-0.4, -0.2) is 22.3 Å². The molecular weight excluding hydrogens is 347 g/mol. The van der Waals surface area contributed by atoms with Crippen molar-refractivity contribution in [1.82, 2.24) is 15.2 Å². The Bertz CT molecular complexity index is 997. The molecule has 0 radical (unpaired) electrons. The van der Waals surface area contributed by atoms with E-state index in [0.29, 0.717) is 15.8 Å². The van der Waals surface area contributed by atoms with E-state index in [-0.39, 0.29) is 5.82 Å². The number of hydrogen-bond acceptors (Lipinski definition) is 7. The summed E-state index contributed by atoms with van der Waals surface area (Å²) in [4.78, 5) is 4.27. The molecule has 5 nitrogen and oxygen atoms in total. The first-order valence-electron chi connectivity index (χ1n) is 7.03. The summed E-state index contributed by atoms with van der Waals surface area (Å²) >= 11 is 2.78. The predicted molar refractivity (Wildman–Crippen MR) is 94.8 cm³/mol. The molecule has 2 aromatic carbocycles. The molecule has 2 heterocycles. The maximum atomic E-state index is 13.7. The van der Waals surface area contributed by atoms with Gasteiger partial charge in [0.15, 0.2) is 5.13 Å². The minimum Gasteiger partial charge on any atom is -0.497 e. The minimum absolute atomic E-state index is 0.326. The second-order valence-corrected chi connectivity index (χ2v) is 6.88. The number of fused-ring (bicyclic) bond motifs is 1. The average Bonchev–Trinajstić information content (AvgIpc) is 3.23. The Morgan fingerprint density at radius 2 is 1.83 bits per heavy atom. The van der Waals surface area contributed by atoms with Crippen LogP contribution in [0.15, 0.2) is 42.5 Å². The molecule has 0 saturated heterocycles. The van der Waals surface area contributed by atoms with Crippen LogP contribution in [-0.2, 0) is 0 Å². The highest BCUT2D eigenvalue weighted by molar-refractivity contribution is 7.23. The molecule has 0 aliphatic heterocycles. The number of aromatic nitrogens is 3. The minimum atomic E-state index is -0.326. The highest BCUT2D eigenvalue weighted by Gasteiger charge is 2.11. The molecule has 1 N–H and O–H groups in total. The molecule has 120 valence electrons. The number of hydrogen-bond donors (Lipinski definition) is 1. The summed E-state index contributed by atoms with van der Waals surface area (Å²) < 4.78 is 19.6. The van der Waals surface area contributed by atoms with E-state index in [1.54, 1.807) is 13.2 Å².